The van der Waals surface area contributed by atoms with Gasteiger partial charge in [0.05, 0.1) is 18.2 Å². The number of carbonyl (C=O) groups is 3. The minimum atomic E-state index is -0.819. The molecule has 2 aliphatic rings. The second-order valence-corrected chi connectivity index (χ2v) is 7.41. The number of nitrogens with one attached hydrogen (secondary N) is 2. The zero-order chi connectivity index (χ0) is 21.3. The summed E-state index contributed by atoms with van der Waals surface area (Å²) in [5.74, 6) is -1.97. The molecule has 2 aromatic carbocycles. The lowest BCUT2D eigenvalue weighted by Crippen LogP contribution is -2.38. The number of amides is 3. The maximum Gasteiger partial charge on any atom is 0.313 e. The Kier molecular flexibility index (Phi) is 5.50. The molecular formula is C22H22FN3O4. The Hall–Kier alpha value is -3.26. The van der Waals surface area contributed by atoms with Crippen LogP contribution in [0.15, 0.2) is 36.4 Å². The standard InChI is InChI=1S/C22H22FN3O4/c1-30-18(13-4-2-6-16(23)8-13)12-24-21(28)22(29)25-17-9-14-5-3-7-26-19(27)11-15(10-17)20(14)26/h2,4,6,8-10,18H,3,5,7,11-12H2,1H3,(H,24,28)(H,25,29)/t18-/m0/s1. The van der Waals surface area contributed by atoms with Gasteiger partial charge in [0, 0.05) is 25.9 Å². The van der Waals surface area contributed by atoms with Crippen molar-refractivity contribution < 1.29 is 23.5 Å². The number of rotatable bonds is 5. The fraction of sp³-hybridized carbons (Fsp3) is 0.318. The fourth-order valence-electron chi connectivity index (χ4n) is 4.05. The van der Waals surface area contributed by atoms with Crippen LogP contribution in [0.25, 0.3) is 0 Å². The molecule has 156 valence electrons. The molecule has 0 aromatic heterocycles. The quantitative estimate of drug-likeness (QED) is 0.738. The molecule has 4 rings (SSSR count). The largest absolute Gasteiger partial charge is 0.375 e. The molecule has 3 amide bonds. The molecule has 0 bridgehead atoms. The van der Waals surface area contributed by atoms with Gasteiger partial charge >= 0.3 is 11.8 Å². The summed E-state index contributed by atoms with van der Waals surface area (Å²) in [6.07, 6.45) is 1.42. The van der Waals surface area contributed by atoms with E-state index in [2.05, 4.69) is 10.6 Å². The second kappa shape index (κ2) is 8.23. The molecule has 30 heavy (non-hydrogen) atoms. The van der Waals surface area contributed by atoms with Crippen LogP contribution in [0.5, 0.6) is 0 Å². The zero-order valence-electron chi connectivity index (χ0n) is 16.5. The van der Waals surface area contributed by atoms with Gasteiger partial charge in [-0.05, 0) is 53.8 Å². The van der Waals surface area contributed by atoms with Crippen molar-refractivity contribution in [1.82, 2.24) is 5.32 Å². The molecule has 8 heteroatoms. The molecule has 0 saturated heterocycles. The van der Waals surface area contributed by atoms with Crippen LogP contribution in [0.4, 0.5) is 15.8 Å². The van der Waals surface area contributed by atoms with E-state index in [1.54, 1.807) is 23.1 Å². The highest BCUT2D eigenvalue weighted by molar-refractivity contribution is 6.39. The summed E-state index contributed by atoms with van der Waals surface area (Å²) in [6, 6.07) is 9.44. The summed E-state index contributed by atoms with van der Waals surface area (Å²) >= 11 is 0. The van der Waals surface area contributed by atoms with Gasteiger partial charge < -0.3 is 20.3 Å². The summed E-state index contributed by atoms with van der Waals surface area (Å²) in [4.78, 5) is 38.5. The smallest absolute Gasteiger partial charge is 0.313 e. The number of benzene rings is 2. The van der Waals surface area contributed by atoms with Crippen LogP contribution in [0.3, 0.4) is 0 Å². The SMILES string of the molecule is CO[C@@H](CNC(=O)C(=O)Nc1cc2c3c(c1)CC(=O)N3CCC2)c1cccc(F)c1. The van der Waals surface area contributed by atoms with E-state index in [0.29, 0.717) is 17.7 Å². The third kappa shape index (κ3) is 3.91. The van der Waals surface area contributed by atoms with Crippen molar-refractivity contribution in [1.29, 1.82) is 0 Å². The number of carbonyl (C=O) groups excluding carboxylic acids is 3. The van der Waals surface area contributed by atoms with Crippen LogP contribution in [-0.4, -0.2) is 37.9 Å². The Labute approximate surface area is 173 Å². The lowest BCUT2D eigenvalue weighted by atomic mass is 9.99. The van der Waals surface area contributed by atoms with E-state index in [-0.39, 0.29) is 12.5 Å². The third-order valence-electron chi connectivity index (χ3n) is 5.43. The number of hydrogen-bond donors (Lipinski definition) is 2. The Morgan fingerprint density at radius 1 is 1.20 bits per heavy atom. The maximum atomic E-state index is 13.4. The molecule has 2 heterocycles. The van der Waals surface area contributed by atoms with Crippen molar-refractivity contribution in [2.75, 3.05) is 30.4 Å². The molecule has 0 spiro atoms. The number of aryl methyl sites for hydroxylation is 1. The average Bonchev–Trinajstić information content (AvgIpc) is 3.05. The Morgan fingerprint density at radius 2 is 2.00 bits per heavy atom. The predicted octanol–water partition coefficient (Wildman–Crippen LogP) is 2.10. The summed E-state index contributed by atoms with van der Waals surface area (Å²) in [5, 5.41) is 5.13. The molecule has 1 atom stereocenters. The first-order valence-electron chi connectivity index (χ1n) is 9.80. The monoisotopic (exact) mass is 411 g/mol. The van der Waals surface area contributed by atoms with Crippen molar-refractivity contribution in [3.63, 3.8) is 0 Å². The van der Waals surface area contributed by atoms with Crippen molar-refractivity contribution in [2.24, 2.45) is 0 Å². The molecule has 0 fully saturated rings. The zero-order valence-corrected chi connectivity index (χ0v) is 16.5. The van der Waals surface area contributed by atoms with Crippen LogP contribution in [0, 0.1) is 5.82 Å². The van der Waals surface area contributed by atoms with E-state index in [1.165, 1.54) is 19.2 Å². The first-order valence-corrected chi connectivity index (χ1v) is 9.80. The normalized spacial score (nSPS) is 15.5. The van der Waals surface area contributed by atoms with Crippen molar-refractivity contribution >= 4 is 29.1 Å². The van der Waals surface area contributed by atoms with E-state index in [4.69, 9.17) is 4.74 Å². The van der Waals surface area contributed by atoms with Gasteiger partial charge in [-0.1, -0.05) is 12.1 Å². The molecule has 0 unspecified atom stereocenters. The van der Waals surface area contributed by atoms with Gasteiger partial charge in [0.1, 0.15) is 5.82 Å². The Morgan fingerprint density at radius 3 is 2.77 bits per heavy atom. The topological polar surface area (TPSA) is 87.7 Å². The summed E-state index contributed by atoms with van der Waals surface area (Å²) in [7, 11) is 1.45. The number of anilines is 2. The van der Waals surface area contributed by atoms with E-state index < -0.39 is 23.7 Å². The average molecular weight is 411 g/mol. The van der Waals surface area contributed by atoms with E-state index in [1.807, 2.05) is 6.07 Å². The van der Waals surface area contributed by atoms with Gasteiger partial charge in [0.25, 0.3) is 0 Å². The fourth-order valence-corrected chi connectivity index (χ4v) is 4.05. The van der Waals surface area contributed by atoms with Crippen LogP contribution in [-0.2, 0) is 32.0 Å². The molecule has 2 N–H and O–H groups in total. The first-order chi connectivity index (χ1) is 14.5. The Bertz CT molecular complexity index is 1020. The van der Waals surface area contributed by atoms with Crippen LogP contribution in [0.2, 0.25) is 0 Å². The third-order valence-corrected chi connectivity index (χ3v) is 5.43. The number of halogens is 1. The number of ether oxygens (including phenoxy) is 1. The highest BCUT2D eigenvalue weighted by atomic mass is 19.1. The summed E-state index contributed by atoms with van der Waals surface area (Å²) in [5.41, 5.74) is 3.88. The summed E-state index contributed by atoms with van der Waals surface area (Å²) in [6.45, 7) is 0.740. The second-order valence-electron chi connectivity index (χ2n) is 7.41. The van der Waals surface area contributed by atoms with E-state index in [0.717, 1.165) is 36.2 Å². The number of hydrogen-bond acceptors (Lipinski definition) is 4. The minimum absolute atomic E-state index is 0.0190. The van der Waals surface area contributed by atoms with Crippen LogP contribution in [0.1, 0.15) is 29.2 Å². The molecule has 0 radical (unpaired) electrons. The molecule has 0 aliphatic carbocycles. The van der Waals surface area contributed by atoms with Gasteiger partial charge in [-0.25, -0.2) is 4.39 Å². The van der Waals surface area contributed by atoms with Crippen molar-refractivity contribution in [2.45, 2.75) is 25.4 Å². The van der Waals surface area contributed by atoms with Crippen molar-refractivity contribution in [3.8, 4) is 0 Å². The van der Waals surface area contributed by atoms with Gasteiger partial charge in [0.2, 0.25) is 5.91 Å². The van der Waals surface area contributed by atoms with Crippen LogP contribution < -0.4 is 15.5 Å². The van der Waals surface area contributed by atoms with E-state index >= 15 is 0 Å². The molecule has 2 aromatic rings. The Balaban J connectivity index is 1.40. The minimum Gasteiger partial charge on any atom is -0.375 e. The maximum absolute atomic E-state index is 13.4. The first kappa shape index (κ1) is 20.0. The molecule has 0 saturated carbocycles. The lowest BCUT2D eigenvalue weighted by molar-refractivity contribution is -0.136. The molecular weight excluding hydrogens is 389 g/mol. The summed E-state index contributed by atoms with van der Waals surface area (Å²) < 4.78 is 18.7. The highest BCUT2D eigenvalue weighted by Crippen LogP contribution is 2.38. The van der Waals surface area contributed by atoms with Crippen LogP contribution >= 0.6 is 0 Å². The molecule has 7 nitrogen and oxygen atoms in total. The van der Waals surface area contributed by atoms with Gasteiger partial charge in [-0.15, -0.1) is 0 Å². The van der Waals surface area contributed by atoms with E-state index in [9.17, 15) is 18.8 Å². The lowest BCUT2D eigenvalue weighted by Gasteiger charge is -2.26. The number of methoxy groups -OCH3 is 1. The highest BCUT2D eigenvalue weighted by Gasteiger charge is 2.32. The number of nitrogens with zero attached hydrogens (tertiary/aromatic N) is 1. The van der Waals surface area contributed by atoms with Gasteiger partial charge in [-0.3, -0.25) is 14.4 Å². The van der Waals surface area contributed by atoms with Crippen molar-refractivity contribution in [3.05, 3.63) is 58.9 Å². The molecule has 2 aliphatic heterocycles. The van der Waals surface area contributed by atoms with Gasteiger partial charge in [-0.2, -0.15) is 0 Å². The predicted molar refractivity (Wildman–Crippen MR) is 109 cm³/mol. The van der Waals surface area contributed by atoms with Gasteiger partial charge in [0.15, 0.2) is 0 Å².